The second-order valence-corrected chi connectivity index (χ2v) is 4.12. The molecule has 2 heteroatoms. The summed E-state index contributed by atoms with van der Waals surface area (Å²) in [5, 5.41) is 8.73. The number of nitrogens with zero attached hydrogens (tertiary/aromatic N) is 1. The number of hydrogen-bond acceptors (Lipinski definition) is 2. The molecule has 0 atom stereocenters. The van der Waals surface area contributed by atoms with Gasteiger partial charge in [-0.25, -0.2) is 0 Å². The van der Waals surface area contributed by atoms with Crippen LogP contribution in [-0.4, -0.2) is 6.10 Å². The van der Waals surface area contributed by atoms with Gasteiger partial charge < -0.3 is 4.74 Å². The number of rotatable bonds is 3. The molecule has 1 aliphatic carbocycles. The molecule has 0 aromatic heterocycles. The molecule has 0 bridgehead atoms. The predicted octanol–water partition coefficient (Wildman–Crippen LogP) is 2.99. The van der Waals surface area contributed by atoms with Crippen LogP contribution in [0.15, 0.2) is 18.2 Å². The molecule has 1 aromatic rings. The van der Waals surface area contributed by atoms with Gasteiger partial charge in [0, 0.05) is 5.56 Å². The second kappa shape index (κ2) is 4.35. The first-order chi connectivity index (χ1) is 7.29. The lowest BCUT2D eigenvalue weighted by molar-refractivity contribution is 0.119. The number of benzene rings is 1. The molecule has 1 aromatic carbocycles. The summed E-state index contributed by atoms with van der Waals surface area (Å²) < 4.78 is 5.84. The Morgan fingerprint density at radius 1 is 1.47 bits per heavy atom. The smallest absolute Gasteiger partial charge is 0.123 e. The summed E-state index contributed by atoms with van der Waals surface area (Å²) in [4.78, 5) is 0. The highest BCUT2D eigenvalue weighted by molar-refractivity contribution is 5.38. The van der Waals surface area contributed by atoms with Gasteiger partial charge in [-0.15, -0.1) is 0 Å². The molecule has 2 nitrogen and oxygen atoms in total. The standard InChI is InChI=1S/C13H15NO/c1-10-5-6-13(11(9-10)7-8-14)15-12-3-2-4-12/h5-6,9,12H,2-4,7H2,1H3. The van der Waals surface area contributed by atoms with E-state index in [0.29, 0.717) is 12.5 Å². The number of nitriles is 1. The normalized spacial score (nSPS) is 15.5. The van der Waals surface area contributed by atoms with Crippen molar-refractivity contribution in [3.63, 3.8) is 0 Å². The van der Waals surface area contributed by atoms with Crippen LogP contribution in [0.25, 0.3) is 0 Å². The Bertz CT molecular complexity index is 388. The van der Waals surface area contributed by atoms with Crippen molar-refractivity contribution < 1.29 is 4.74 Å². The lowest BCUT2D eigenvalue weighted by atomic mass is 9.96. The maximum Gasteiger partial charge on any atom is 0.123 e. The van der Waals surface area contributed by atoms with Gasteiger partial charge >= 0.3 is 0 Å². The van der Waals surface area contributed by atoms with Crippen LogP contribution in [0.1, 0.15) is 30.4 Å². The minimum absolute atomic E-state index is 0.380. The van der Waals surface area contributed by atoms with E-state index < -0.39 is 0 Å². The van der Waals surface area contributed by atoms with Crippen molar-refractivity contribution in [2.24, 2.45) is 0 Å². The SMILES string of the molecule is Cc1ccc(OC2CCC2)c(CC#N)c1. The fourth-order valence-corrected chi connectivity index (χ4v) is 1.71. The zero-order valence-electron chi connectivity index (χ0n) is 8.99. The Hall–Kier alpha value is -1.49. The Kier molecular flexibility index (Phi) is 2.91. The molecule has 2 rings (SSSR count). The highest BCUT2D eigenvalue weighted by atomic mass is 16.5. The molecule has 0 saturated heterocycles. The maximum absolute atomic E-state index is 8.73. The van der Waals surface area contributed by atoms with Gasteiger partial charge in [-0.1, -0.05) is 17.7 Å². The zero-order valence-corrected chi connectivity index (χ0v) is 8.99. The number of ether oxygens (including phenoxy) is 1. The molecule has 1 saturated carbocycles. The molecular weight excluding hydrogens is 186 g/mol. The van der Waals surface area contributed by atoms with Gasteiger partial charge in [0.15, 0.2) is 0 Å². The van der Waals surface area contributed by atoms with E-state index in [4.69, 9.17) is 10.00 Å². The average molecular weight is 201 g/mol. The van der Waals surface area contributed by atoms with Gasteiger partial charge in [0.05, 0.1) is 18.6 Å². The Morgan fingerprint density at radius 2 is 2.27 bits per heavy atom. The van der Waals surface area contributed by atoms with E-state index in [2.05, 4.69) is 6.07 Å². The molecule has 0 aliphatic heterocycles. The van der Waals surface area contributed by atoms with Crippen molar-refractivity contribution in [3.8, 4) is 11.8 Å². The first-order valence-corrected chi connectivity index (χ1v) is 5.43. The first kappa shape index (κ1) is 10.0. The Labute approximate surface area is 90.5 Å². The fraction of sp³-hybridized carbons (Fsp3) is 0.462. The number of hydrogen-bond donors (Lipinski definition) is 0. The van der Waals surface area contributed by atoms with Crippen LogP contribution in [-0.2, 0) is 6.42 Å². The van der Waals surface area contributed by atoms with Crippen molar-refractivity contribution in [1.82, 2.24) is 0 Å². The lowest BCUT2D eigenvalue weighted by Gasteiger charge is -2.27. The summed E-state index contributed by atoms with van der Waals surface area (Å²) in [6, 6.07) is 8.24. The van der Waals surface area contributed by atoms with Gasteiger partial charge in [-0.2, -0.15) is 5.26 Å². The van der Waals surface area contributed by atoms with Crippen LogP contribution in [0.2, 0.25) is 0 Å². The van der Waals surface area contributed by atoms with Crippen molar-refractivity contribution in [3.05, 3.63) is 29.3 Å². The predicted molar refractivity (Wildman–Crippen MR) is 58.8 cm³/mol. The van der Waals surface area contributed by atoms with E-state index in [1.165, 1.54) is 12.0 Å². The third kappa shape index (κ3) is 2.30. The Balaban J connectivity index is 2.16. The zero-order chi connectivity index (χ0) is 10.7. The lowest BCUT2D eigenvalue weighted by Crippen LogP contribution is -2.25. The van der Waals surface area contributed by atoms with E-state index >= 15 is 0 Å². The first-order valence-electron chi connectivity index (χ1n) is 5.43. The van der Waals surface area contributed by atoms with Crippen LogP contribution in [0.5, 0.6) is 5.75 Å². The van der Waals surface area contributed by atoms with Crippen LogP contribution in [0.4, 0.5) is 0 Å². The fourth-order valence-electron chi connectivity index (χ4n) is 1.71. The monoisotopic (exact) mass is 201 g/mol. The molecular formula is C13H15NO. The minimum Gasteiger partial charge on any atom is -0.490 e. The van der Waals surface area contributed by atoms with E-state index in [1.807, 2.05) is 25.1 Å². The molecule has 0 spiro atoms. The van der Waals surface area contributed by atoms with Crippen LogP contribution >= 0.6 is 0 Å². The largest absolute Gasteiger partial charge is 0.490 e. The maximum atomic E-state index is 8.73. The summed E-state index contributed by atoms with van der Waals surface area (Å²) in [5.41, 5.74) is 2.20. The summed E-state index contributed by atoms with van der Waals surface area (Å²) >= 11 is 0. The highest BCUT2D eigenvalue weighted by Crippen LogP contribution is 2.28. The third-order valence-electron chi connectivity index (χ3n) is 2.83. The van der Waals surface area contributed by atoms with Gasteiger partial charge in [-0.3, -0.25) is 0 Å². The quantitative estimate of drug-likeness (QED) is 0.753. The van der Waals surface area contributed by atoms with E-state index in [-0.39, 0.29) is 0 Å². The van der Waals surface area contributed by atoms with Gasteiger partial charge in [0.1, 0.15) is 5.75 Å². The molecule has 1 fully saturated rings. The molecule has 1 aliphatic rings. The van der Waals surface area contributed by atoms with Gasteiger partial charge in [0.25, 0.3) is 0 Å². The summed E-state index contributed by atoms with van der Waals surface area (Å²) in [6.45, 7) is 2.04. The molecule has 0 heterocycles. The topological polar surface area (TPSA) is 33.0 Å². The van der Waals surface area contributed by atoms with Crippen molar-refractivity contribution >= 4 is 0 Å². The number of aryl methyl sites for hydroxylation is 1. The van der Waals surface area contributed by atoms with Crippen LogP contribution < -0.4 is 4.74 Å². The molecule has 78 valence electrons. The van der Waals surface area contributed by atoms with Gasteiger partial charge in [0.2, 0.25) is 0 Å². The van der Waals surface area contributed by atoms with Crippen molar-refractivity contribution in [1.29, 1.82) is 5.26 Å². The molecule has 0 amide bonds. The van der Waals surface area contributed by atoms with Crippen LogP contribution in [0.3, 0.4) is 0 Å². The second-order valence-electron chi connectivity index (χ2n) is 4.12. The van der Waals surface area contributed by atoms with E-state index in [0.717, 1.165) is 24.2 Å². The van der Waals surface area contributed by atoms with Crippen molar-refractivity contribution in [2.45, 2.75) is 38.7 Å². The molecule has 0 radical (unpaired) electrons. The molecule has 0 unspecified atom stereocenters. The van der Waals surface area contributed by atoms with Gasteiger partial charge in [-0.05, 0) is 32.3 Å². The summed E-state index contributed by atoms with van der Waals surface area (Å²) in [7, 11) is 0. The highest BCUT2D eigenvalue weighted by Gasteiger charge is 2.20. The molecule has 0 N–H and O–H groups in total. The minimum atomic E-state index is 0.380. The summed E-state index contributed by atoms with van der Waals surface area (Å²) in [6.07, 6.45) is 4.39. The van der Waals surface area contributed by atoms with E-state index in [1.54, 1.807) is 0 Å². The van der Waals surface area contributed by atoms with Crippen molar-refractivity contribution in [2.75, 3.05) is 0 Å². The molecule has 15 heavy (non-hydrogen) atoms. The Morgan fingerprint density at radius 3 is 2.87 bits per heavy atom. The van der Waals surface area contributed by atoms with E-state index in [9.17, 15) is 0 Å². The third-order valence-corrected chi connectivity index (χ3v) is 2.83. The van der Waals surface area contributed by atoms with Crippen LogP contribution in [0, 0.1) is 18.3 Å². The average Bonchev–Trinajstić information content (AvgIpc) is 2.14. The summed E-state index contributed by atoms with van der Waals surface area (Å²) in [5.74, 6) is 0.895.